The van der Waals surface area contributed by atoms with Gasteiger partial charge in [0.05, 0.1) is 52.5 Å². The molecule has 0 aliphatic carbocycles. The zero-order valence-electron chi connectivity index (χ0n) is 18.2. The van der Waals surface area contributed by atoms with E-state index in [1.54, 1.807) is 24.3 Å². The number of hydrogen-bond acceptors (Lipinski definition) is 9. The minimum absolute atomic E-state index is 0.0138. The number of rotatable bonds is 18. The average molecular weight is 473 g/mol. The van der Waals surface area contributed by atoms with Gasteiger partial charge in [-0.25, -0.2) is 4.79 Å². The molecule has 0 spiro atoms. The fourth-order valence-electron chi connectivity index (χ4n) is 2.52. The maximum absolute atomic E-state index is 12.5. The summed E-state index contributed by atoms with van der Waals surface area (Å²) in [7, 11) is 0. The van der Waals surface area contributed by atoms with Crippen LogP contribution in [0, 0.1) is 0 Å². The van der Waals surface area contributed by atoms with Gasteiger partial charge in [0, 0.05) is 6.42 Å². The number of ether oxygens (including phenoxy) is 4. The van der Waals surface area contributed by atoms with Crippen molar-refractivity contribution < 1.29 is 53.8 Å². The van der Waals surface area contributed by atoms with Gasteiger partial charge in [-0.15, -0.1) is 0 Å². The third kappa shape index (κ3) is 14.1. The molecule has 1 rings (SSSR count). The zero-order valence-corrected chi connectivity index (χ0v) is 18.2. The first-order valence-electron chi connectivity index (χ1n) is 10.2. The van der Waals surface area contributed by atoms with Crippen molar-refractivity contribution >= 4 is 18.0 Å². The molecule has 186 valence electrons. The number of benzene rings is 1. The van der Waals surface area contributed by atoms with Crippen LogP contribution in [0.25, 0.3) is 0 Å². The lowest BCUT2D eigenvalue weighted by Crippen LogP contribution is -2.58. The molecule has 1 aromatic carbocycles. The van der Waals surface area contributed by atoms with E-state index in [-0.39, 0.29) is 65.5 Å². The summed E-state index contributed by atoms with van der Waals surface area (Å²) in [5.74, 6) is -2.14. The molecule has 0 fully saturated rings. The van der Waals surface area contributed by atoms with E-state index in [1.165, 1.54) is 0 Å². The van der Waals surface area contributed by atoms with Crippen LogP contribution in [-0.4, -0.2) is 89.9 Å². The molecule has 0 aliphatic rings. The van der Waals surface area contributed by atoms with Crippen molar-refractivity contribution in [3.63, 3.8) is 0 Å². The van der Waals surface area contributed by atoms with E-state index in [9.17, 15) is 14.4 Å². The van der Waals surface area contributed by atoms with E-state index in [4.69, 9.17) is 39.4 Å². The van der Waals surface area contributed by atoms with Crippen LogP contribution in [-0.2, 0) is 35.1 Å². The minimum atomic E-state index is -1.58. The molecule has 0 aromatic heterocycles. The highest BCUT2D eigenvalue weighted by atomic mass is 16.6. The maximum atomic E-state index is 12.5. The molecule has 0 radical (unpaired) electrons. The largest absolute Gasteiger partial charge is 0.481 e. The normalized spacial score (nSPS) is 11.4. The second-order valence-corrected chi connectivity index (χ2v) is 7.18. The Morgan fingerprint density at radius 3 is 1.85 bits per heavy atom. The van der Waals surface area contributed by atoms with Gasteiger partial charge in [0.1, 0.15) is 12.1 Å². The van der Waals surface area contributed by atoms with E-state index >= 15 is 0 Å². The van der Waals surface area contributed by atoms with E-state index in [2.05, 4.69) is 5.32 Å². The van der Waals surface area contributed by atoms with Crippen molar-refractivity contribution in [2.45, 2.75) is 37.7 Å². The van der Waals surface area contributed by atoms with Crippen molar-refractivity contribution in [3.05, 3.63) is 35.9 Å². The summed E-state index contributed by atoms with van der Waals surface area (Å²) >= 11 is 0. The molecule has 0 unspecified atom stereocenters. The second-order valence-electron chi connectivity index (χ2n) is 7.18. The van der Waals surface area contributed by atoms with E-state index in [1.807, 2.05) is 6.07 Å². The minimum Gasteiger partial charge on any atom is -0.481 e. The Kier molecular flexibility index (Phi) is 13.7. The first-order valence-corrected chi connectivity index (χ1v) is 10.2. The zero-order chi connectivity index (χ0) is 24.5. The Bertz CT molecular complexity index is 689. The van der Waals surface area contributed by atoms with E-state index in [0.717, 1.165) is 5.56 Å². The fourth-order valence-corrected chi connectivity index (χ4v) is 2.52. The first-order chi connectivity index (χ1) is 15.7. The van der Waals surface area contributed by atoms with Crippen molar-refractivity contribution in [3.8, 4) is 0 Å². The van der Waals surface area contributed by atoms with Crippen LogP contribution in [0.1, 0.15) is 24.8 Å². The third-order valence-electron chi connectivity index (χ3n) is 4.16. The van der Waals surface area contributed by atoms with E-state index in [0.29, 0.717) is 0 Å². The fraction of sp³-hybridized carbons (Fsp3) is 0.571. The van der Waals surface area contributed by atoms with Gasteiger partial charge in [-0.3, -0.25) is 9.59 Å². The number of aliphatic hydroxyl groups is 2. The Balaban J connectivity index is 2.83. The molecule has 0 bridgehead atoms. The third-order valence-corrected chi connectivity index (χ3v) is 4.16. The number of carboxylic acid groups (broad SMARTS) is 2. The maximum Gasteiger partial charge on any atom is 0.408 e. The molecule has 12 heteroatoms. The van der Waals surface area contributed by atoms with Crippen molar-refractivity contribution in [2.75, 3.05) is 39.6 Å². The quantitative estimate of drug-likeness (QED) is 0.147. The van der Waals surface area contributed by atoms with Gasteiger partial charge in [-0.1, -0.05) is 30.3 Å². The molecule has 0 saturated carbocycles. The lowest BCUT2D eigenvalue weighted by molar-refractivity contribution is -0.139. The highest BCUT2D eigenvalue weighted by Crippen LogP contribution is 2.12. The number of aliphatic carboxylic acids is 2. The van der Waals surface area contributed by atoms with Gasteiger partial charge in [0.25, 0.3) is 0 Å². The summed E-state index contributed by atoms with van der Waals surface area (Å²) in [6.45, 7) is -1.04. The van der Waals surface area contributed by atoms with Crippen LogP contribution in [0.4, 0.5) is 4.79 Å². The van der Waals surface area contributed by atoms with Crippen molar-refractivity contribution in [2.24, 2.45) is 0 Å². The molecule has 33 heavy (non-hydrogen) atoms. The second kappa shape index (κ2) is 15.9. The van der Waals surface area contributed by atoms with Crippen LogP contribution in [0.3, 0.4) is 0 Å². The molecular formula is C21H31NO11. The SMILES string of the molecule is O=C(O)CCOCC(COCCC(=O)O)(COCCC(O)O)NC(=O)OCc1ccccc1. The number of alkyl carbamates (subject to hydrolysis) is 1. The molecule has 12 nitrogen and oxygen atoms in total. The standard InChI is InChI=1S/C21H31NO11/c23-17(24)6-9-30-13-21(14-31-10-7-18(25)26,15-32-11-8-19(27)28)22-20(29)33-12-16-4-2-1-3-5-16/h1-5,17,23-24H,6-15H2,(H,22,29)(H,25,26)(H,27,28). The van der Waals surface area contributed by atoms with Crippen LogP contribution in [0.15, 0.2) is 30.3 Å². The summed E-state index contributed by atoms with van der Waals surface area (Å²) < 4.78 is 21.5. The summed E-state index contributed by atoms with van der Waals surface area (Å²) in [5, 5.41) is 38.2. The Labute approximate surface area is 191 Å². The molecule has 1 amide bonds. The first kappa shape index (κ1) is 28.3. The monoisotopic (exact) mass is 473 g/mol. The van der Waals surface area contributed by atoms with Gasteiger partial charge in [0.2, 0.25) is 0 Å². The number of amides is 1. The van der Waals surface area contributed by atoms with Crippen LogP contribution >= 0.6 is 0 Å². The van der Waals surface area contributed by atoms with Crippen LogP contribution in [0.2, 0.25) is 0 Å². The number of carbonyl (C=O) groups excluding carboxylic acids is 1. The smallest absolute Gasteiger partial charge is 0.408 e. The molecule has 0 aliphatic heterocycles. The van der Waals surface area contributed by atoms with Gasteiger partial charge >= 0.3 is 18.0 Å². The topological polar surface area (TPSA) is 181 Å². The van der Waals surface area contributed by atoms with Crippen LogP contribution in [0.5, 0.6) is 0 Å². The van der Waals surface area contributed by atoms with Crippen molar-refractivity contribution in [1.29, 1.82) is 0 Å². The number of carboxylic acids is 2. The number of carbonyl (C=O) groups is 3. The van der Waals surface area contributed by atoms with Crippen molar-refractivity contribution in [1.82, 2.24) is 5.32 Å². The predicted molar refractivity (Wildman–Crippen MR) is 112 cm³/mol. The Morgan fingerprint density at radius 1 is 0.848 bits per heavy atom. The highest BCUT2D eigenvalue weighted by Gasteiger charge is 2.34. The van der Waals surface area contributed by atoms with Gasteiger partial charge in [-0.2, -0.15) is 0 Å². The highest BCUT2D eigenvalue weighted by molar-refractivity contribution is 5.68. The predicted octanol–water partition coefficient (Wildman–Crippen LogP) is 0.352. The van der Waals surface area contributed by atoms with Gasteiger partial charge < -0.3 is 44.7 Å². The molecule has 5 N–H and O–H groups in total. The number of hydrogen-bond donors (Lipinski definition) is 5. The summed E-state index contributed by atoms with van der Waals surface area (Å²) in [6, 6.07) is 8.94. The lowest BCUT2D eigenvalue weighted by atomic mass is 10.0. The Morgan fingerprint density at radius 2 is 1.36 bits per heavy atom. The van der Waals surface area contributed by atoms with Gasteiger partial charge in [0.15, 0.2) is 6.29 Å². The molecule has 0 saturated heterocycles. The molecule has 1 aromatic rings. The number of nitrogens with one attached hydrogen (secondary N) is 1. The average Bonchev–Trinajstić information content (AvgIpc) is 2.76. The molecule has 0 heterocycles. The summed E-state index contributed by atoms with van der Waals surface area (Å²) in [6.07, 6.45) is -3.04. The summed E-state index contributed by atoms with van der Waals surface area (Å²) in [4.78, 5) is 34.0. The number of aliphatic hydroxyl groups excluding tert-OH is 1. The summed E-state index contributed by atoms with van der Waals surface area (Å²) in [5.41, 5.74) is -0.604. The van der Waals surface area contributed by atoms with Crippen LogP contribution < -0.4 is 5.32 Å². The molecular weight excluding hydrogens is 442 g/mol. The molecule has 0 atom stereocenters. The van der Waals surface area contributed by atoms with Gasteiger partial charge in [-0.05, 0) is 5.56 Å². The lowest BCUT2D eigenvalue weighted by Gasteiger charge is -2.33. The Hall–Kier alpha value is -2.77. The van der Waals surface area contributed by atoms with E-state index < -0.39 is 29.9 Å².